The fourth-order valence-electron chi connectivity index (χ4n) is 2.98. The predicted molar refractivity (Wildman–Crippen MR) is 78.4 cm³/mol. The first-order chi connectivity index (χ1) is 10.0. The Hall–Kier alpha value is -1.98. The van der Waals surface area contributed by atoms with E-state index in [1.165, 1.54) is 12.1 Å². The maximum Gasteiger partial charge on any atom is 0.254 e. The second kappa shape index (κ2) is 5.09. The van der Waals surface area contributed by atoms with Crippen molar-refractivity contribution in [3.8, 4) is 0 Å². The molecule has 1 N–H and O–H groups in total. The molecule has 1 saturated heterocycles. The number of benzene rings is 1. The molecule has 1 aromatic rings. The topological polar surface area (TPSA) is 66.5 Å². The fourth-order valence-corrected chi connectivity index (χ4v) is 2.98. The number of carbonyl (C=O) groups is 3. The van der Waals surface area contributed by atoms with Crippen molar-refractivity contribution in [2.75, 3.05) is 0 Å². The Morgan fingerprint density at radius 1 is 1.29 bits per heavy atom. The molecule has 0 aromatic heterocycles. The molecular formula is C13H10B3N2O3. The van der Waals surface area contributed by atoms with Crippen LogP contribution in [0.2, 0.25) is 0 Å². The van der Waals surface area contributed by atoms with E-state index in [1.807, 2.05) is 0 Å². The van der Waals surface area contributed by atoms with E-state index in [9.17, 15) is 14.4 Å². The normalized spacial score (nSPS) is 24.8. The van der Waals surface area contributed by atoms with Crippen LogP contribution in [0.1, 0.15) is 34.7 Å². The highest BCUT2D eigenvalue weighted by Crippen LogP contribution is 2.34. The van der Waals surface area contributed by atoms with Crippen molar-refractivity contribution in [1.82, 2.24) is 10.2 Å². The molecule has 0 aliphatic carbocycles. The molecule has 5 radical (unpaired) electrons. The van der Waals surface area contributed by atoms with Gasteiger partial charge in [0.15, 0.2) is 0 Å². The Labute approximate surface area is 125 Å². The van der Waals surface area contributed by atoms with Crippen LogP contribution in [0.4, 0.5) is 0 Å². The van der Waals surface area contributed by atoms with Crippen molar-refractivity contribution in [2.24, 2.45) is 0 Å². The second-order valence-electron chi connectivity index (χ2n) is 5.13. The van der Waals surface area contributed by atoms with Gasteiger partial charge >= 0.3 is 0 Å². The maximum absolute atomic E-state index is 12.6. The predicted octanol–water partition coefficient (Wildman–Crippen LogP) is -1.47. The standard InChI is InChI=1S/C13H10B3N2O3/c14-7-3-1-2-6-10(7)11(16-15)18(13(6)21)8-4-5-9(19)17-12(8)20/h1-3,8,11H,4-5H2,(H,17,19,20). The SMILES string of the molecule is [B][B]C1c2c([B])cccc2C(=O)N1C1CCC(=O)NC1=O. The van der Waals surface area contributed by atoms with Gasteiger partial charge in [0.25, 0.3) is 5.91 Å². The van der Waals surface area contributed by atoms with Gasteiger partial charge in [-0.3, -0.25) is 19.7 Å². The molecule has 2 aliphatic rings. The van der Waals surface area contributed by atoms with Gasteiger partial charge in [-0.05, 0) is 18.1 Å². The number of hydrogen-bond acceptors (Lipinski definition) is 3. The van der Waals surface area contributed by atoms with Gasteiger partial charge in [-0.15, -0.1) is 0 Å². The van der Waals surface area contributed by atoms with Crippen LogP contribution in [0.3, 0.4) is 0 Å². The van der Waals surface area contributed by atoms with E-state index < -0.39 is 17.9 Å². The van der Waals surface area contributed by atoms with E-state index in [1.54, 1.807) is 18.2 Å². The molecule has 0 saturated carbocycles. The lowest BCUT2D eigenvalue weighted by Gasteiger charge is -2.34. The minimum atomic E-state index is -0.716. The summed E-state index contributed by atoms with van der Waals surface area (Å²) in [6.45, 7) is 0. The van der Waals surface area contributed by atoms with Crippen LogP contribution in [-0.2, 0) is 9.59 Å². The van der Waals surface area contributed by atoms with Crippen molar-refractivity contribution in [3.63, 3.8) is 0 Å². The van der Waals surface area contributed by atoms with E-state index in [4.69, 9.17) is 15.6 Å². The highest BCUT2D eigenvalue weighted by Gasteiger charge is 2.44. The lowest BCUT2D eigenvalue weighted by Crippen LogP contribution is -2.54. The number of carbonyl (C=O) groups excluding carboxylic acids is 3. The molecule has 99 valence electrons. The third-order valence-corrected chi connectivity index (χ3v) is 3.93. The molecular weight excluding hydrogens is 265 g/mol. The number of fused-ring (bicyclic) bond motifs is 1. The van der Waals surface area contributed by atoms with Gasteiger partial charge in [0.05, 0.1) is 7.17 Å². The Bertz CT molecular complexity index is 650. The lowest BCUT2D eigenvalue weighted by molar-refractivity contribution is -0.137. The number of piperidine rings is 1. The van der Waals surface area contributed by atoms with Gasteiger partial charge < -0.3 is 4.90 Å². The molecule has 0 bridgehead atoms. The summed E-state index contributed by atoms with van der Waals surface area (Å²) in [5.74, 6) is -1.65. The molecule has 5 nitrogen and oxygen atoms in total. The van der Waals surface area contributed by atoms with Gasteiger partial charge in [-0.2, -0.15) is 0 Å². The maximum atomic E-state index is 12.6. The average molecular weight is 275 g/mol. The molecule has 2 heterocycles. The zero-order valence-electron chi connectivity index (χ0n) is 11.2. The number of hydrogen-bond donors (Lipinski definition) is 1. The summed E-state index contributed by atoms with van der Waals surface area (Å²) < 4.78 is 0. The monoisotopic (exact) mass is 275 g/mol. The summed E-state index contributed by atoms with van der Waals surface area (Å²) in [5, 5.41) is 2.26. The summed E-state index contributed by atoms with van der Waals surface area (Å²) in [5.41, 5.74) is 1.53. The first kappa shape index (κ1) is 14.0. The molecule has 3 amide bonds. The Morgan fingerprint density at radius 2 is 2.05 bits per heavy atom. The molecule has 0 spiro atoms. The number of rotatable bonds is 2. The molecule has 21 heavy (non-hydrogen) atoms. The summed E-state index contributed by atoms with van der Waals surface area (Å²) in [7, 11) is 13.0. The Kier molecular flexibility index (Phi) is 3.39. The molecule has 1 aromatic carbocycles. The van der Waals surface area contributed by atoms with Gasteiger partial charge in [0, 0.05) is 25.7 Å². The van der Waals surface area contributed by atoms with Crippen molar-refractivity contribution in [3.05, 3.63) is 29.3 Å². The molecule has 3 rings (SSSR count). The third-order valence-electron chi connectivity index (χ3n) is 3.93. The fraction of sp³-hybridized carbons (Fsp3) is 0.308. The van der Waals surface area contributed by atoms with Crippen molar-refractivity contribution in [2.45, 2.75) is 24.8 Å². The minimum absolute atomic E-state index is 0.198. The van der Waals surface area contributed by atoms with Crippen LogP contribution in [0, 0.1) is 0 Å². The summed E-state index contributed by atoms with van der Waals surface area (Å²) in [6, 6.07) is 4.33. The van der Waals surface area contributed by atoms with Crippen LogP contribution >= 0.6 is 0 Å². The van der Waals surface area contributed by atoms with Gasteiger partial charge in [-0.1, -0.05) is 17.6 Å². The lowest BCUT2D eigenvalue weighted by atomic mass is 9.48. The average Bonchev–Trinajstić information content (AvgIpc) is 2.73. The van der Waals surface area contributed by atoms with Gasteiger partial charge in [0.1, 0.15) is 13.9 Å². The Morgan fingerprint density at radius 3 is 2.71 bits per heavy atom. The Balaban J connectivity index is 2.01. The molecule has 2 atom stereocenters. The van der Waals surface area contributed by atoms with E-state index in [0.717, 1.165) is 0 Å². The van der Waals surface area contributed by atoms with E-state index in [0.29, 0.717) is 16.6 Å². The van der Waals surface area contributed by atoms with Gasteiger partial charge in [-0.25, -0.2) is 0 Å². The van der Waals surface area contributed by atoms with Crippen molar-refractivity contribution < 1.29 is 14.4 Å². The van der Waals surface area contributed by atoms with E-state index >= 15 is 0 Å². The highest BCUT2D eigenvalue weighted by atomic mass is 16.2. The molecule has 8 heteroatoms. The van der Waals surface area contributed by atoms with E-state index in [-0.39, 0.29) is 24.7 Å². The van der Waals surface area contributed by atoms with E-state index in [2.05, 4.69) is 5.32 Å². The number of imide groups is 1. The number of nitrogens with zero attached hydrogens (tertiary/aromatic N) is 1. The summed E-state index contributed by atoms with van der Waals surface area (Å²) in [6.07, 6.45) is 0.484. The minimum Gasteiger partial charge on any atom is -0.328 e. The van der Waals surface area contributed by atoms with Crippen LogP contribution in [0.15, 0.2) is 18.2 Å². The second-order valence-corrected chi connectivity index (χ2v) is 5.13. The van der Waals surface area contributed by atoms with Crippen LogP contribution in [0.25, 0.3) is 0 Å². The zero-order chi connectivity index (χ0) is 15.1. The number of amides is 3. The molecule has 2 aliphatic heterocycles. The molecule has 1 fully saturated rings. The summed E-state index contributed by atoms with van der Waals surface area (Å²) >= 11 is 0. The van der Waals surface area contributed by atoms with Crippen molar-refractivity contribution in [1.29, 1.82) is 0 Å². The summed E-state index contributed by atoms with van der Waals surface area (Å²) in [4.78, 5) is 37.3. The van der Waals surface area contributed by atoms with Gasteiger partial charge in [0.2, 0.25) is 11.8 Å². The number of nitrogens with one attached hydrogen (secondary N) is 1. The largest absolute Gasteiger partial charge is 0.328 e. The van der Waals surface area contributed by atoms with Crippen LogP contribution in [0.5, 0.6) is 0 Å². The van der Waals surface area contributed by atoms with Crippen LogP contribution < -0.4 is 10.8 Å². The first-order valence-corrected chi connectivity index (χ1v) is 6.64. The third kappa shape index (κ3) is 2.09. The van der Waals surface area contributed by atoms with Crippen LogP contribution in [-0.4, -0.2) is 51.4 Å². The highest BCUT2D eigenvalue weighted by molar-refractivity contribution is 6.90. The first-order valence-electron chi connectivity index (χ1n) is 6.64. The quantitative estimate of drug-likeness (QED) is 0.529. The zero-order valence-corrected chi connectivity index (χ0v) is 11.2. The smallest absolute Gasteiger partial charge is 0.254 e. The van der Waals surface area contributed by atoms with Crippen molar-refractivity contribution >= 4 is 45.9 Å². The molecule has 2 unspecified atom stereocenters.